The van der Waals surface area contributed by atoms with Crippen molar-refractivity contribution in [3.63, 3.8) is 0 Å². The van der Waals surface area contributed by atoms with Gasteiger partial charge in [0.2, 0.25) is 11.7 Å². The number of hydrogen-bond acceptors (Lipinski definition) is 8. The standard InChI is InChI=1S/C30H31F5N8O2/c1-17(31)21(18(2)32)16-45-27-5-3-4-22(38-27)19-6-9-42(10-7-19)15-26-37-23-12-24(28-39-29(41-40-28)30(33,34)35)36-13-25(23)43(26)14-20-8-11-44-20/h3-5,12-13,19-20H,1,6-11,14-16H2,2H3,(H,39,40,41)/b21-18+/t20-/m0/s1. The van der Waals surface area contributed by atoms with Crippen LogP contribution in [0.2, 0.25) is 0 Å². The summed E-state index contributed by atoms with van der Waals surface area (Å²) in [5.41, 5.74) is 2.14. The molecule has 0 aromatic carbocycles. The Balaban J connectivity index is 1.15. The van der Waals surface area contributed by atoms with Crippen LogP contribution in [0.3, 0.4) is 0 Å². The zero-order valence-electron chi connectivity index (χ0n) is 24.4. The molecule has 2 aliphatic rings. The molecule has 0 bridgehead atoms. The third kappa shape index (κ3) is 6.88. The third-order valence-corrected chi connectivity index (χ3v) is 8.10. The largest absolute Gasteiger partial charge is 0.473 e. The maximum Gasteiger partial charge on any atom is 0.451 e. The number of rotatable bonds is 10. The molecule has 2 aliphatic heterocycles. The summed E-state index contributed by atoms with van der Waals surface area (Å²) in [6.07, 6.45) is -0.411. The van der Waals surface area contributed by atoms with Crippen LogP contribution in [0.4, 0.5) is 22.0 Å². The third-order valence-electron chi connectivity index (χ3n) is 8.10. The number of H-pyrrole nitrogens is 1. The van der Waals surface area contributed by atoms with Gasteiger partial charge in [0.05, 0.1) is 42.0 Å². The zero-order chi connectivity index (χ0) is 31.7. The molecule has 2 saturated heterocycles. The minimum atomic E-state index is -4.64. The number of piperidine rings is 1. The number of halogens is 5. The van der Waals surface area contributed by atoms with E-state index in [-0.39, 0.29) is 41.6 Å². The first-order chi connectivity index (χ1) is 21.5. The van der Waals surface area contributed by atoms with Gasteiger partial charge in [-0.15, -0.1) is 0 Å². The predicted octanol–water partition coefficient (Wildman–Crippen LogP) is 5.90. The SMILES string of the molecule is C=C(F)/C(COc1cccc(C2CCN(Cc3nc4cc(-c5n[nH]c(C(F)(F)F)n5)ncc4n3C[C@@H]3CCO3)CC2)n1)=C(\C)F. The number of likely N-dealkylation sites (tertiary alicyclic amines) is 1. The highest BCUT2D eigenvalue weighted by molar-refractivity contribution is 5.78. The van der Waals surface area contributed by atoms with Crippen LogP contribution in [0.15, 0.2) is 54.3 Å². The number of allylic oxidation sites excluding steroid dienone is 1. The molecule has 1 N–H and O–H groups in total. The summed E-state index contributed by atoms with van der Waals surface area (Å²) in [4.78, 5) is 19.6. The predicted molar refractivity (Wildman–Crippen MR) is 153 cm³/mol. The maximum atomic E-state index is 13.6. The van der Waals surface area contributed by atoms with Gasteiger partial charge in [0, 0.05) is 24.3 Å². The Morgan fingerprint density at radius 3 is 2.56 bits per heavy atom. The van der Waals surface area contributed by atoms with E-state index in [1.165, 1.54) is 0 Å². The van der Waals surface area contributed by atoms with Crippen LogP contribution in [0.1, 0.15) is 49.4 Å². The Labute approximate surface area is 255 Å². The van der Waals surface area contributed by atoms with E-state index in [2.05, 4.69) is 36.1 Å². The Hall–Kier alpha value is -4.24. The fourth-order valence-corrected chi connectivity index (χ4v) is 5.49. The van der Waals surface area contributed by atoms with Crippen molar-refractivity contribution in [2.24, 2.45) is 0 Å². The van der Waals surface area contributed by atoms with Crippen LogP contribution in [-0.4, -0.2) is 72.0 Å². The molecule has 0 radical (unpaired) electrons. The fraction of sp³-hybridized carbons (Fsp3) is 0.433. The van der Waals surface area contributed by atoms with E-state index in [0.717, 1.165) is 56.3 Å². The summed E-state index contributed by atoms with van der Waals surface area (Å²) in [5.74, 6) is -1.64. The van der Waals surface area contributed by atoms with Gasteiger partial charge in [-0.05, 0) is 51.4 Å². The van der Waals surface area contributed by atoms with Crippen LogP contribution < -0.4 is 4.74 Å². The highest BCUT2D eigenvalue weighted by Gasteiger charge is 2.35. The lowest BCUT2D eigenvalue weighted by Gasteiger charge is -2.32. The number of ether oxygens (including phenoxy) is 2. The number of aromatic amines is 1. The topological polar surface area (TPSA) is 107 Å². The summed E-state index contributed by atoms with van der Waals surface area (Å²) in [5, 5.41) is 5.62. The van der Waals surface area contributed by atoms with Gasteiger partial charge in [-0.25, -0.2) is 23.7 Å². The number of pyridine rings is 2. The minimum Gasteiger partial charge on any atom is -0.473 e. The second-order valence-corrected chi connectivity index (χ2v) is 11.1. The number of nitrogens with zero attached hydrogens (tertiary/aromatic N) is 7. The molecule has 6 heterocycles. The average Bonchev–Trinajstić information content (AvgIpc) is 3.60. The Bertz CT molecular complexity index is 1720. The van der Waals surface area contributed by atoms with Crippen molar-refractivity contribution in [1.82, 2.24) is 39.6 Å². The number of imidazole rings is 1. The van der Waals surface area contributed by atoms with Crippen molar-refractivity contribution in [2.75, 3.05) is 26.3 Å². The van der Waals surface area contributed by atoms with E-state index < -0.39 is 23.7 Å². The first kappa shape index (κ1) is 30.8. The van der Waals surface area contributed by atoms with Gasteiger partial charge in [0.1, 0.15) is 29.8 Å². The Kier molecular flexibility index (Phi) is 8.64. The lowest BCUT2D eigenvalue weighted by Crippen LogP contribution is -2.35. The molecule has 4 aromatic heterocycles. The summed E-state index contributed by atoms with van der Waals surface area (Å²) in [6, 6.07) is 6.99. The number of alkyl halides is 3. The molecule has 6 rings (SSSR count). The van der Waals surface area contributed by atoms with Crippen LogP contribution in [0.25, 0.3) is 22.6 Å². The molecule has 45 heavy (non-hydrogen) atoms. The molecular weight excluding hydrogens is 599 g/mol. The Morgan fingerprint density at radius 2 is 1.91 bits per heavy atom. The second kappa shape index (κ2) is 12.6. The van der Waals surface area contributed by atoms with E-state index in [4.69, 9.17) is 14.5 Å². The lowest BCUT2D eigenvalue weighted by molar-refractivity contribution is -0.144. The van der Waals surface area contributed by atoms with Crippen molar-refractivity contribution < 1.29 is 31.4 Å². The molecule has 1 atom stereocenters. The van der Waals surface area contributed by atoms with Crippen LogP contribution in [-0.2, 0) is 24.0 Å². The van der Waals surface area contributed by atoms with Gasteiger partial charge in [0.15, 0.2) is 5.82 Å². The molecule has 0 saturated carbocycles. The molecule has 238 valence electrons. The normalized spacial score (nSPS) is 18.6. The molecule has 0 spiro atoms. The highest BCUT2D eigenvalue weighted by Crippen LogP contribution is 2.31. The lowest BCUT2D eigenvalue weighted by atomic mass is 9.93. The summed E-state index contributed by atoms with van der Waals surface area (Å²) < 4.78 is 79.5. The van der Waals surface area contributed by atoms with Gasteiger partial charge < -0.3 is 14.0 Å². The van der Waals surface area contributed by atoms with Gasteiger partial charge in [-0.1, -0.05) is 12.6 Å². The molecule has 10 nitrogen and oxygen atoms in total. The zero-order valence-corrected chi connectivity index (χ0v) is 24.4. The van der Waals surface area contributed by atoms with Crippen LogP contribution >= 0.6 is 0 Å². The molecule has 2 fully saturated rings. The first-order valence-electron chi connectivity index (χ1n) is 14.5. The molecular formula is C30H31F5N8O2. The second-order valence-electron chi connectivity index (χ2n) is 11.1. The molecule has 15 heteroatoms. The van der Waals surface area contributed by atoms with Crippen LogP contribution in [0.5, 0.6) is 5.88 Å². The van der Waals surface area contributed by atoms with Crippen molar-refractivity contribution >= 4 is 11.0 Å². The fourth-order valence-electron chi connectivity index (χ4n) is 5.49. The van der Waals surface area contributed by atoms with Crippen molar-refractivity contribution in [3.05, 3.63) is 71.6 Å². The number of hydrogen-bond donors (Lipinski definition) is 1. The Morgan fingerprint density at radius 1 is 1.13 bits per heavy atom. The van der Waals surface area contributed by atoms with Gasteiger partial charge in [-0.3, -0.25) is 15.0 Å². The first-order valence-corrected chi connectivity index (χ1v) is 14.5. The summed E-state index contributed by atoms with van der Waals surface area (Å²) >= 11 is 0. The quantitative estimate of drug-likeness (QED) is 0.171. The highest BCUT2D eigenvalue weighted by atomic mass is 19.4. The smallest absolute Gasteiger partial charge is 0.451 e. The summed E-state index contributed by atoms with van der Waals surface area (Å²) in [7, 11) is 0. The molecule has 4 aromatic rings. The van der Waals surface area contributed by atoms with E-state index in [9.17, 15) is 22.0 Å². The maximum absolute atomic E-state index is 13.6. The monoisotopic (exact) mass is 630 g/mol. The minimum absolute atomic E-state index is 0.0536. The number of nitrogens with one attached hydrogen (secondary N) is 1. The molecule has 0 unspecified atom stereocenters. The van der Waals surface area contributed by atoms with E-state index in [1.54, 1.807) is 18.3 Å². The van der Waals surface area contributed by atoms with E-state index in [1.807, 2.05) is 17.2 Å². The van der Waals surface area contributed by atoms with Gasteiger partial charge in [-0.2, -0.15) is 18.3 Å². The van der Waals surface area contributed by atoms with Gasteiger partial charge >= 0.3 is 6.18 Å². The van der Waals surface area contributed by atoms with E-state index in [0.29, 0.717) is 25.2 Å². The van der Waals surface area contributed by atoms with Crippen molar-refractivity contribution in [3.8, 4) is 17.4 Å². The van der Waals surface area contributed by atoms with Gasteiger partial charge in [0.25, 0.3) is 0 Å². The average molecular weight is 631 g/mol. The number of aromatic nitrogens is 7. The molecule has 0 aliphatic carbocycles. The van der Waals surface area contributed by atoms with Crippen LogP contribution in [0, 0.1) is 0 Å². The summed E-state index contributed by atoms with van der Waals surface area (Å²) in [6.45, 7) is 7.41. The van der Waals surface area contributed by atoms with Crippen molar-refractivity contribution in [1.29, 1.82) is 0 Å². The molecule has 0 amide bonds. The number of fused-ring (bicyclic) bond motifs is 1. The van der Waals surface area contributed by atoms with Crippen molar-refractivity contribution in [2.45, 2.75) is 57.5 Å². The van der Waals surface area contributed by atoms with E-state index >= 15 is 0 Å².